The third kappa shape index (κ3) is 3.01. The molecule has 2 N–H and O–H groups in total. The zero-order valence-corrected chi connectivity index (χ0v) is 7.81. The van der Waals surface area contributed by atoms with E-state index in [1.165, 1.54) is 4.90 Å². The van der Waals surface area contributed by atoms with Crippen LogP contribution in [0.2, 0.25) is 0 Å². The van der Waals surface area contributed by atoms with Crippen LogP contribution in [0.15, 0.2) is 41.8 Å². The van der Waals surface area contributed by atoms with Crippen LogP contribution in [0.5, 0.6) is 0 Å². The van der Waals surface area contributed by atoms with Gasteiger partial charge in [0.15, 0.2) is 0 Å². The predicted molar refractivity (Wildman–Crippen MR) is 56.4 cm³/mol. The highest BCUT2D eigenvalue weighted by Crippen LogP contribution is 2.20. The molecule has 0 aliphatic carbocycles. The van der Waals surface area contributed by atoms with Gasteiger partial charge in [0.2, 0.25) is 0 Å². The quantitative estimate of drug-likeness (QED) is 0.333. The minimum atomic E-state index is 0.832. The first kappa shape index (κ1) is 9.20. The fourth-order valence-corrected chi connectivity index (χ4v) is 1.78. The van der Waals surface area contributed by atoms with E-state index in [0.29, 0.717) is 0 Å². The third-order valence-corrected chi connectivity index (χ3v) is 2.48. The maximum absolute atomic E-state index is 5.63. The van der Waals surface area contributed by atoms with Gasteiger partial charge in [-0.25, -0.2) is 0 Å². The Morgan fingerprint density at radius 3 is 3.00 bits per heavy atom. The lowest BCUT2D eigenvalue weighted by Crippen LogP contribution is -1.84. The average molecular weight is 179 g/mol. The van der Waals surface area contributed by atoms with Gasteiger partial charge in [-0.05, 0) is 24.6 Å². The first-order chi connectivity index (χ1) is 5.83. The van der Waals surface area contributed by atoms with Crippen LogP contribution in [0.3, 0.4) is 0 Å². The minimum absolute atomic E-state index is 0.832. The second-order valence-electron chi connectivity index (χ2n) is 2.50. The number of hydrogen-bond acceptors (Lipinski definition) is 2. The van der Waals surface area contributed by atoms with Gasteiger partial charge < -0.3 is 5.73 Å². The van der Waals surface area contributed by atoms with Crippen molar-refractivity contribution in [3.8, 4) is 0 Å². The molecule has 0 bridgehead atoms. The van der Waals surface area contributed by atoms with Crippen LogP contribution < -0.4 is 5.73 Å². The Morgan fingerprint density at radius 1 is 1.50 bits per heavy atom. The van der Waals surface area contributed by atoms with Crippen LogP contribution >= 0.6 is 11.8 Å². The Morgan fingerprint density at radius 2 is 2.33 bits per heavy atom. The molecule has 1 aromatic carbocycles. The smallest absolute Gasteiger partial charge is 0.0325 e. The summed E-state index contributed by atoms with van der Waals surface area (Å²) in [7, 11) is 0. The van der Waals surface area contributed by atoms with Crippen LogP contribution in [0.25, 0.3) is 0 Å². The summed E-state index contributed by atoms with van der Waals surface area (Å²) in [5.74, 6) is 1.08. The summed E-state index contributed by atoms with van der Waals surface area (Å²) < 4.78 is 0. The number of rotatable bonds is 4. The van der Waals surface area contributed by atoms with E-state index >= 15 is 0 Å². The van der Waals surface area contributed by atoms with Crippen LogP contribution in [-0.4, -0.2) is 5.75 Å². The van der Waals surface area contributed by atoms with Gasteiger partial charge in [-0.15, -0.1) is 18.3 Å². The molecule has 0 unspecified atom stereocenters. The fourth-order valence-electron chi connectivity index (χ4n) is 0.864. The second-order valence-corrected chi connectivity index (χ2v) is 3.67. The molecule has 0 amide bonds. The van der Waals surface area contributed by atoms with Gasteiger partial charge in [-0.1, -0.05) is 12.1 Å². The molecule has 0 fully saturated rings. The Hall–Kier alpha value is -0.890. The van der Waals surface area contributed by atoms with Gasteiger partial charge >= 0.3 is 0 Å². The van der Waals surface area contributed by atoms with Crippen LogP contribution in [-0.2, 0) is 0 Å². The molecule has 0 saturated carbocycles. The summed E-state index contributed by atoms with van der Waals surface area (Å²) in [6.45, 7) is 3.67. The molecule has 0 atom stereocenters. The standard InChI is InChI=1S/C10H13NS/c1-2-3-7-12-10-6-4-5-9(11)8-10/h2,4-6,8H,1,3,7,11H2. The summed E-state index contributed by atoms with van der Waals surface area (Å²) in [6, 6.07) is 7.95. The monoisotopic (exact) mass is 179 g/mol. The molecular formula is C10H13NS. The number of nitrogens with two attached hydrogens (primary N) is 1. The largest absolute Gasteiger partial charge is 0.399 e. The molecule has 0 spiro atoms. The molecule has 1 aromatic rings. The Balaban J connectivity index is 2.46. The lowest BCUT2D eigenvalue weighted by molar-refractivity contribution is 1.25. The van der Waals surface area contributed by atoms with Gasteiger partial charge in [0.05, 0.1) is 0 Å². The molecule has 12 heavy (non-hydrogen) atoms. The second kappa shape index (κ2) is 4.88. The van der Waals surface area contributed by atoms with Gasteiger partial charge in [0, 0.05) is 16.3 Å². The van der Waals surface area contributed by atoms with E-state index in [4.69, 9.17) is 5.73 Å². The van der Waals surface area contributed by atoms with E-state index < -0.39 is 0 Å². The fraction of sp³-hybridized carbons (Fsp3) is 0.200. The first-order valence-corrected chi connectivity index (χ1v) is 4.90. The molecule has 1 rings (SSSR count). The van der Waals surface area contributed by atoms with E-state index in [9.17, 15) is 0 Å². The topological polar surface area (TPSA) is 26.0 Å². The maximum atomic E-state index is 5.63. The zero-order valence-electron chi connectivity index (χ0n) is 6.99. The minimum Gasteiger partial charge on any atom is -0.399 e. The van der Waals surface area contributed by atoms with Crippen molar-refractivity contribution in [3.05, 3.63) is 36.9 Å². The van der Waals surface area contributed by atoms with Crippen molar-refractivity contribution in [3.63, 3.8) is 0 Å². The molecule has 0 saturated heterocycles. The lowest BCUT2D eigenvalue weighted by atomic mass is 10.3. The Labute approximate surface area is 77.7 Å². The summed E-state index contributed by atoms with van der Waals surface area (Å²) in [5, 5.41) is 0. The summed E-state index contributed by atoms with van der Waals surface area (Å²) in [5.41, 5.74) is 6.46. The van der Waals surface area contributed by atoms with Crippen LogP contribution in [0.4, 0.5) is 5.69 Å². The predicted octanol–water partition coefficient (Wildman–Crippen LogP) is 2.94. The normalized spacial score (nSPS) is 9.67. The lowest BCUT2D eigenvalue weighted by Gasteiger charge is -1.99. The molecule has 0 aliphatic rings. The van der Waals surface area contributed by atoms with Crippen molar-refractivity contribution in [2.24, 2.45) is 0 Å². The summed E-state index contributed by atoms with van der Waals surface area (Å²) >= 11 is 1.81. The third-order valence-electron chi connectivity index (χ3n) is 1.45. The molecule has 0 aliphatic heterocycles. The van der Waals surface area contributed by atoms with E-state index in [-0.39, 0.29) is 0 Å². The van der Waals surface area contributed by atoms with Crippen LogP contribution in [0.1, 0.15) is 6.42 Å². The highest BCUT2D eigenvalue weighted by Gasteiger charge is 1.92. The highest BCUT2D eigenvalue weighted by molar-refractivity contribution is 7.99. The van der Waals surface area contributed by atoms with Crippen molar-refractivity contribution in [1.82, 2.24) is 0 Å². The van der Waals surface area contributed by atoms with Crippen molar-refractivity contribution in [2.75, 3.05) is 11.5 Å². The number of anilines is 1. The van der Waals surface area contributed by atoms with Crippen molar-refractivity contribution >= 4 is 17.4 Å². The van der Waals surface area contributed by atoms with Crippen molar-refractivity contribution in [2.45, 2.75) is 11.3 Å². The summed E-state index contributed by atoms with van der Waals surface area (Å²) in [4.78, 5) is 1.23. The average Bonchev–Trinajstić information content (AvgIpc) is 2.05. The van der Waals surface area contributed by atoms with Gasteiger partial charge in [0.1, 0.15) is 0 Å². The number of nitrogen functional groups attached to an aromatic ring is 1. The van der Waals surface area contributed by atoms with Crippen molar-refractivity contribution < 1.29 is 0 Å². The SMILES string of the molecule is C=CCCSc1cccc(N)c1. The van der Waals surface area contributed by atoms with Gasteiger partial charge in [-0.2, -0.15) is 0 Å². The van der Waals surface area contributed by atoms with E-state index in [1.807, 2.05) is 36.0 Å². The van der Waals surface area contributed by atoms with E-state index in [0.717, 1.165) is 17.9 Å². The molecule has 2 heteroatoms. The molecular weight excluding hydrogens is 166 g/mol. The number of benzene rings is 1. The highest BCUT2D eigenvalue weighted by atomic mass is 32.2. The van der Waals surface area contributed by atoms with Crippen LogP contribution in [0, 0.1) is 0 Å². The Bertz CT molecular complexity index is 258. The van der Waals surface area contributed by atoms with Crippen molar-refractivity contribution in [1.29, 1.82) is 0 Å². The molecule has 64 valence electrons. The van der Waals surface area contributed by atoms with Gasteiger partial charge in [0.25, 0.3) is 0 Å². The molecule has 1 nitrogen and oxygen atoms in total. The zero-order chi connectivity index (χ0) is 8.81. The number of allylic oxidation sites excluding steroid dienone is 1. The first-order valence-electron chi connectivity index (χ1n) is 3.92. The van der Waals surface area contributed by atoms with E-state index in [1.54, 1.807) is 0 Å². The van der Waals surface area contributed by atoms with E-state index in [2.05, 4.69) is 12.6 Å². The molecule has 0 aromatic heterocycles. The van der Waals surface area contributed by atoms with Gasteiger partial charge in [-0.3, -0.25) is 0 Å². The molecule has 0 radical (unpaired) electrons. The number of hydrogen-bond donors (Lipinski definition) is 1. The maximum Gasteiger partial charge on any atom is 0.0325 e. The summed E-state index contributed by atoms with van der Waals surface area (Å²) in [6.07, 6.45) is 2.97. The molecule has 0 heterocycles. The number of thioether (sulfide) groups is 1. The Kier molecular flexibility index (Phi) is 3.74.